The van der Waals surface area contributed by atoms with Crippen molar-refractivity contribution >= 4 is 11.8 Å². The molecule has 0 spiro atoms. The predicted octanol–water partition coefficient (Wildman–Crippen LogP) is 3.47. The van der Waals surface area contributed by atoms with Crippen molar-refractivity contribution in [1.82, 2.24) is 10.2 Å². The molecule has 0 aliphatic carbocycles. The van der Waals surface area contributed by atoms with Crippen molar-refractivity contribution in [2.75, 3.05) is 13.1 Å². The molecule has 1 fully saturated rings. The molecule has 1 aromatic rings. The van der Waals surface area contributed by atoms with E-state index in [-0.39, 0.29) is 23.8 Å². The highest BCUT2D eigenvalue weighted by atomic mass is 16.2. The Morgan fingerprint density at radius 3 is 2.48 bits per heavy atom. The predicted molar refractivity (Wildman–Crippen MR) is 101 cm³/mol. The number of amides is 2. The molecule has 2 amide bonds. The first-order valence-corrected chi connectivity index (χ1v) is 9.67. The lowest BCUT2D eigenvalue weighted by Gasteiger charge is -2.33. The highest BCUT2D eigenvalue weighted by molar-refractivity contribution is 5.79. The Morgan fingerprint density at radius 2 is 1.88 bits per heavy atom. The van der Waals surface area contributed by atoms with E-state index in [1.165, 1.54) is 11.1 Å². The van der Waals surface area contributed by atoms with Crippen LogP contribution in [0.4, 0.5) is 0 Å². The van der Waals surface area contributed by atoms with Gasteiger partial charge in [0.15, 0.2) is 0 Å². The van der Waals surface area contributed by atoms with E-state index in [2.05, 4.69) is 44.3 Å². The number of piperidine rings is 1. The van der Waals surface area contributed by atoms with E-state index in [0.29, 0.717) is 6.42 Å². The Hall–Kier alpha value is -1.84. The van der Waals surface area contributed by atoms with Crippen LogP contribution in [-0.4, -0.2) is 35.8 Å². The number of benzene rings is 1. The molecule has 1 aromatic carbocycles. The lowest BCUT2D eigenvalue weighted by molar-refractivity contribution is -0.132. The van der Waals surface area contributed by atoms with Gasteiger partial charge in [-0.25, -0.2) is 0 Å². The Bertz CT molecular complexity index is 573. The number of carbonyl (C=O) groups is 2. The quantitative estimate of drug-likeness (QED) is 0.823. The lowest BCUT2D eigenvalue weighted by atomic mass is 9.99. The van der Waals surface area contributed by atoms with Crippen molar-refractivity contribution in [1.29, 1.82) is 0 Å². The van der Waals surface area contributed by atoms with E-state index >= 15 is 0 Å². The summed E-state index contributed by atoms with van der Waals surface area (Å²) in [5.41, 5.74) is 2.46. The van der Waals surface area contributed by atoms with Gasteiger partial charge >= 0.3 is 0 Å². The van der Waals surface area contributed by atoms with Crippen LogP contribution in [0.3, 0.4) is 0 Å². The second kappa shape index (κ2) is 9.59. The number of nitrogens with one attached hydrogen (secondary N) is 1. The second-order valence-electron chi connectivity index (χ2n) is 7.17. The number of hydrogen-bond donors (Lipinski definition) is 1. The topological polar surface area (TPSA) is 49.4 Å². The third kappa shape index (κ3) is 5.87. The maximum absolute atomic E-state index is 12.4. The smallest absolute Gasteiger partial charge is 0.223 e. The highest BCUT2D eigenvalue weighted by Crippen LogP contribution is 2.15. The van der Waals surface area contributed by atoms with Crippen molar-refractivity contribution in [3.8, 4) is 0 Å². The van der Waals surface area contributed by atoms with Gasteiger partial charge in [-0.3, -0.25) is 9.59 Å². The molecule has 0 bridgehead atoms. The molecule has 0 saturated carbocycles. The number of aryl methyl sites for hydroxylation is 2. The Kier molecular flexibility index (Phi) is 7.48. The molecule has 1 aliphatic rings. The molecular formula is C21H32N2O2. The summed E-state index contributed by atoms with van der Waals surface area (Å²) in [4.78, 5) is 26.6. The highest BCUT2D eigenvalue weighted by Gasteiger charge is 2.25. The molecule has 1 N–H and O–H groups in total. The van der Waals surface area contributed by atoms with Gasteiger partial charge < -0.3 is 10.2 Å². The van der Waals surface area contributed by atoms with Crippen LogP contribution in [0.5, 0.6) is 0 Å². The molecule has 25 heavy (non-hydrogen) atoms. The van der Waals surface area contributed by atoms with E-state index in [1.807, 2.05) is 11.0 Å². The monoisotopic (exact) mass is 344 g/mol. The molecule has 0 atom stereocenters. The zero-order valence-electron chi connectivity index (χ0n) is 15.9. The summed E-state index contributed by atoms with van der Waals surface area (Å²) in [6, 6.07) is 8.57. The van der Waals surface area contributed by atoms with Crippen LogP contribution >= 0.6 is 0 Å². The van der Waals surface area contributed by atoms with Crippen molar-refractivity contribution in [2.45, 2.75) is 65.3 Å². The summed E-state index contributed by atoms with van der Waals surface area (Å²) >= 11 is 0. The van der Waals surface area contributed by atoms with Crippen LogP contribution in [0.15, 0.2) is 24.3 Å². The molecule has 138 valence electrons. The number of rotatable bonds is 7. The summed E-state index contributed by atoms with van der Waals surface area (Å²) in [7, 11) is 0. The van der Waals surface area contributed by atoms with Crippen LogP contribution in [0.25, 0.3) is 0 Å². The zero-order chi connectivity index (χ0) is 18.2. The van der Waals surface area contributed by atoms with E-state index in [9.17, 15) is 9.59 Å². The summed E-state index contributed by atoms with van der Waals surface area (Å²) < 4.78 is 0. The Balaban J connectivity index is 1.74. The molecule has 0 radical (unpaired) electrons. The average molecular weight is 344 g/mol. The Morgan fingerprint density at radius 1 is 1.20 bits per heavy atom. The fraction of sp³-hybridized carbons (Fsp3) is 0.619. The summed E-state index contributed by atoms with van der Waals surface area (Å²) in [5, 5.41) is 3.17. The molecule has 0 aromatic heterocycles. The number of hydrogen-bond acceptors (Lipinski definition) is 2. The minimum Gasteiger partial charge on any atom is -0.353 e. The standard InChI is InChI=1S/C21H32N2O2/c1-4-18(5-2)21(25)22-19-11-13-23(14-12-19)20(24)10-9-17-8-6-7-16(3)15-17/h6-8,15,18-19H,4-5,9-14H2,1-3H3,(H,22,25). The summed E-state index contributed by atoms with van der Waals surface area (Å²) in [5.74, 6) is 0.523. The molecule has 1 aliphatic heterocycles. The normalized spacial score (nSPS) is 15.4. The molecule has 2 rings (SSSR count). The molecule has 4 heteroatoms. The van der Waals surface area contributed by atoms with E-state index < -0.39 is 0 Å². The lowest BCUT2D eigenvalue weighted by Crippen LogP contribution is -2.47. The minimum absolute atomic E-state index is 0.119. The van der Waals surface area contributed by atoms with Crippen molar-refractivity contribution < 1.29 is 9.59 Å². The zero-order valence-corrected chi connectivity index (χ0v) is 15.9. The first-order chi connectivity index (χ1) is 12.0. The van der Waals surface area contributed by atoms with Gasteiger partial charge in [-0.1, -0.05) is 43.7 Å². The van der Waals surface area contributed by atoms with Gasteiger partial charge in [-0.15, -0.1) is 0 Å². The first kappa shape index (κ1) is 19.5. The SMILES string of the molecule is CCC(CC)C(=O)NC1CCN(C(=O)CCc2cccc(C)c2)CC1. The minimum atomic E-state index is 0.119. The first-order valence-electron chi connectivity index (χ1n) is 9.67. The molecule has 1 heterocycles. The third-order valence-corrected chi connectivity index (χ3v) is 5.26. The largest absolute Gasteiger partial charge is 0.353 e. The molecule has 1 saturated heterocycles. The fourth-order valence-corrected chi connectivity index (χ4v) is 3.53. The number of likely N-dealkylation sites (tertiary alicyclic amines) is 1. The molecule has 4 nitrogen and oxygen atoms in total. The van der Waals surface area contributed by atoms with Gasteiger partial charge in [0.2, 0.25) is 11.8 Å². The summed E-state index contributed by atoms with van der Waals surface area (Å²) in [6.45, 7) is 7.69. The van der Waals surface area contributed by atoms with Gasteiger partial charge in [0.1, 0.15) is 0 Å². The van der Waals surface area contributed by atoms with Gasteiger partial charge in [0, 0.05) is 31.5 Å². The molecule has 0 unspecified atom stereocenters. The van der Waals surface area contributed by atoms with Gasteiger partial charge in [0.05, 0.1) is 0 Å². The number of nitrogens with zero attached hydrogens (tertiary/aromatic N) is 1. The van der Waals surface area contributed by atoms with E-state index in [1.54, 1.807) is 0 Å². The summed E-state index contributed by atoms with van der Waals surface area (Å²) in [6.07, 6.45) is 4.86. The third-order valence-electron chi connectivity index (χ3n) is 5.26. The van der Waals surface area contributed by atoms with Crippen LogP contribution in [-0.2, 0) is 16.0 Å². The van der Waals surface area contributed by atoms with Crippen LogP contribution < -0.4 is 5.32 Å². The van der Waals surface area contributed by atoms with Crippen molar-refractivity contribution in [3.05, 3.63) is 35.4 Å². The maximum Gasteiger partial charge on any atom is 0.223 e. The number of carbonyl (C=O) groups excluding carboxylic acids is 2. The van der Waals surface area contributed by atoms with Crippen molar-refractivity contribution in [2.24, 2.45) is 5.92 Å². The van der Waals surface area contributed by atoms with Crippen LogP contribution in [0.2, 0.25) is 0 Å². The van der Waals surface area contributed by atoms with Crippen molar-refractivity contribution in [3.63, 3.8) is 0 Å². The average Bonchev–Trinajstić information content (AvgIpc) is 2.61. The molecular weight excluding hydrogens is 312 g/mol. The van der Waals surface area contributed by atoms with Crippen LogP contribution in [0, 0.1) is 12.8 Å². The Labute approximate surface area is 152 Å². The van der Waals surface area contributed by atoms with Gasteiger partial charge in [-0.05, 0) is 44.6 Å². The van der Waals surface area contributed by atoms with E-state index in [4.69, 9.17) is 0 Å². The fourth-order valence-electron chi connectivity index (χ4n) is 3.53. The van der Waals surface area contributed by atoms with Gasteiger partial charge in [0.25, 0.3) is 0 Å². The van der Waals surface area contributed by atoms with Gasteiger partial charge in [-0.2, -0.15) is 0 Å². The van der Waals surface area contributed by atoms with E-state index in [0.717, 1.165) is 45.2 Å². The second-order valence-corrected chi connectivity index (χ2v) is 7.17. The maximum atomic E-state index is 12.4. The van der Waals surface area contributed by atoms with Crippen LogP contribution in [0.1, 0.15) is 57.1 Å².